The Balaban J connectivity index is 2.55. The molecule has 3 nitrogen and oxygen atoms in total. The smallest absolute Gasteiger partial charge is 0.223 e. The number of amides is 1. The van der Waals surface area contributed by atoms with E-state index in [0.717, 1.165) is 25.1 Å². The molecular weight excluding hydrogens is 307 g/mol. The van der Waals surface area contributed by atoms with Gasteiger partial charge in [-0.2, -0.15) is 0 Å². The van der Waals surface area contributed by atoms with E-state index in [9.17, 15) is 4.79 Å². The molecule has 0 aliphatic heterocycles. The first kappa shape index (κ1) is 18.3. The summed E-state index contributed by atoms with van der Waals surface area (Å²) in [6, 6.07) is 5.85. The van der Waals surface area contributed by atoms with Crippen LogP contribution < -0.4 is 5.32 Å². The zero-order valence-electron chi connectivity index (χ0n) is 13.0. The summed E-state index contributed by atoms with van der Waals surface area (Å²) in [6.45, 7) is 8.29. The fourth-order valence-corrected chi connectivity index (χ4v) is 2.62. The first-order valence-corrected chi connectivity index (χ1v) is 8.25. The lowest BCUT2D eigenvalue weighted by molar-refractivity contribution is -0.130. The molecule has 0 bridgehead atoms. The highest BCUT2D eigenvalue weighted by atomic mass is 35.5. The van der Waals surface area contributed by atoms with Gasteiger partial charge in [0, 0.05) is 32.1 Å². The Kier molecular flexibility index (Phi) is 8.09. The Labute approximate surface area is 137 Å². The van der Waals surface area contributed by atoms with E-state index in [1.165, 1.54) is 0 Å². The van der Waals surface area contributed by atoms with Gasteiger partial charge in [-0.25, -0.2) is 0 Å². The lowest BCUT2D eigenvalue weighted by atomic mass is 10.0. The van der Waals surface area contributed by atoms with E-state index in [-0.39, 0.29) is 11.9 Å². The van der Waals surface area contributed by atoms with Crippen LogP contribution in [0.3, 0.4) is 0 Å². The second kappa shape index (κ2) is 9.29. The van der Waals surface area contributed by atoms with Crippen molar-refractivity contribution in [1.29, 1.82) is 0 Å². The summed E-state index contributed by atoms with van der Waals surface area (Å²) in [5, 5.41) is 4.54. The van der Waals surface area contributed by atoms with Gasteiger partial charge in [0.05, 0.1) is 10.0 Å². The molecule has 1 unspecified atom stereocenters. The quantitative estimate of drug-likeness (QED) is 0.770. The summed E-state index contributed by atoms with van der Waals surface area (Å²) in [4.78, 5) is 13.8. The fraction of sp³-hybridized carbons (Fsp3) is 0.562. The van der Waals surface area contributed by atoms with Gasteiger partial charge in [0.15, 0.2) is 0 Å². The van der Waals surface area contributed by atoms with Gasteiger partial charge in [-0.3, -0.25) is 4.79 Å². The number of hydrogen-bond donors (Lipinski definition) is 1. The first-order valence-electron chi connectivity index (χ1n) is 7.49. The van der Waals surface area contributed by atoms with Crippen LogP contribution >= 0.6 is 23.2 Å². The zero-order chi connectivity index (χ0) is 15.8. The van der Waals surface area contributed by atoms with Crippen molar-refractivity contribution < 1.29 is 4.79 Å². The van der Waals surface area contributed by atoms with Gasteiger partial charge in [0.1, 0.15) is 0 Å². The van der Waals surface area contributed by atoms with Crippen molar-refractivity contribution in [2.45, 2.75) is 39.7 Å². The van der Waals surface area contributed by atoms with Gasteiger partial charge in [0.25, 0.3) is 0 Å². The molecule has 0 radical (unpaired) electrons. The topological polar surface area (TPSA) is 32.3 Å². The van der Waals surface area contributed by atoms with Crippen molar-refractivity contribution in [3.05, 3.63) is 33.8 Å². The van der Waals surface area contributed by atoms with E-state index in [2.05, 4.69) is 12.2 Å². The van der Waals surface area contributed by atoms with Crippen molar-refractivity contribution in [2.75, 3.05) is 19.6 Å². The molecule has 0 aliphatic carbocycles. The molecule has 1 aromatic carbocycles. The van der Waals surface area contributed by atoms with E-state index in [1.807, 2.05) is 36.9 Å². The highest BCUT2D eigenvalue weighted by molar-refractivity contribution is 6.42. The summed E-state index contributed by atoms with van der Waals surface area (Å²) in [5.41, 5.74) is 1.10. The molecule has 0 aliphatic rings. The minimum Gasteiger partial charge on any atom is -0.343 e. The predicted octanol–water partition coefficient (Wildman–Crippen LogP) is 4.29. The first-order chi connectivity index (χ1) is 10.0. The van der Waals surface area contributed by atoms with Crippen LogP contribution in [0.5, 0.6) is 0 Å². The van der Waals surface area contributed by atoms with E-state index in [1.54, 1.807) is 0 Å². The number of halogens is 2. The second-order valence-electron chi connectivity index (χ2n) is 4.90. The third-order valence-electron chi connectivity index (χ3n) is 3.60. The van der Waals surface area contributed by atoms with Gasteiger partial charge >= 0.3 is 0 Å². The van der Waals surface area contributed by atoms with Crippen molar-refractivity contribution in [2.24, 2.45) is 0 Å². The summed E-state index contributed by atoms with van der Waals surface area (Å²) >= 11 is 12.0. The number of hydrogen-bond acceptors (Lipinski definition) is 2. The van der Waals surface area contributed by atoms with Gasteiger partial charge in [0.2, 0.25) is 5.91 Å². The maximum Gasteiger partial charge on any atom is 0.223 e. The highest BCUT2D eigenvalue weighted by Crippen LogP contribution is 2.26. The molecule has 0 heterocycles. The van der Waals surface area contributed by atoms with Crippen LogP contribution in [0.15, 0.2) is 18.2 Å². The molecule has 1 atom stereocenters. The van der Waals surface area contributed by atoms with Crippen LogP contribution in [0.1, 0.15) is 45.2 Å². The lowest BCUT2D eigenvalue weighted by Crippen LogP contribution is -2.33. The van der Waals surface area contributed by atoms with Crippen molar-refractivity contribution in [3.8, 4) is 0 Å². The number of nitrogens with zero attached hydrogens (tertiary/aromatic N) is 1. The maximum absolute atomic E-state index is 12.0. The minimum atomic E-state index is 0.185. The van der Waals surface area contributed by atoms with E-state index in [4.69, 9.17) is 23.2 Å². The van der Waals surface area contributed by atoms with Gasteiger partial charge in [-0.1, -0.05) is 36.2 Å². The van der Waals surface area contributed by atoms with Gasteiger partial charge in [-0.05, 0) is 38.0 Å². The average Bonchev–Trinajstić information content (AvgIpc) is 2.48. The van der Waals surface area contributed by atoms with E-state index < -0.39 is 0 Å². The molecule has 1 amide bonds. The Hall–Kier alpha value is -0.770. The molecule has 1 N–H and O–H groups in total. The largest absolute Gasteiger partial charge is 0.343 e. The Morgan fingerprint density at radius 2 is 1.86 bits per heavy atom. The molecular formula is C16H24Cl2N2O. The molecule has 0 saturated heterocycles. The van der Waals surface area contributed by atoms with Crippen LogP contribution in [-0.4, -0.2) is 30.4 Å². The van der Waals surface area contributed by atoms with E-state index >= 15 is 0 Å². The minimum absolute atomic E-state index is 0.185. The third-order valence-corrected chi connectivity index (χ3v) is 4.34. The fourth-order valence-electron chi connectivity index (χ4n) is 2.31. The summed E-state index contributed by atoms with van der Waals surface area (Å²) < 4.78 is 0. The molecule has 5 heteroatoms. The number of carbonyl (C=O) groups excluding carboxylic acids is 1. The Morgan fingerprint density at radius 1 is 1.19 bits per heavy atom. The molecule has 0 aromatic heterocycles. The number of benzene rings is 1. The number of nitrogens with one attached hydrogen (secondary N) is 1. The third kappa shape index (κ3) is 5.50. The van der Waals surface area contributed by atoms with E-state index in [0.29, 0.717) is 23.0 Å². The Morgan fingerprint density at radius 3 is 2.38 bits per heavy atom. The zero-order valence-corrected chi connectivity index (χ0v) is 14.5. The van der Waals surface area contributed by atoms with Crippen molar-refractivity contribution in [3.63, 3.8) is 0 Å². The van der Waals surface area contributed by atoms with Crippen molar-refractivity contribution >= 4 is 29.1 Å². The molecule has 21 heavy (non-hydrogen) atoms. The van der Waals surface area contributed by atoms with Crippen molar-refractivity contribution in [1.82, 2.24) is 10.2 Å². The highest BCUT2D eigenvalue weighted by Gasteiger charge is 2.13. The monoisotopic (exact) mass is 330 g/mol. The molecule has 1 rings (SSSR count). The molecule has 118 valence electrons. The van der Waals surface area contributed by atoms with Crippen LogP contribution in [0, 0.1) is 0 Å². The number of carbonyl (C=O) groups is 1. The molecule has 1 aromatic rings. The number of rotatable bonds is 8. The SMILES string of the molecule is CCC(NCCC(=O)N(CC)CC)c1ccc(Cl)c(Cl)c1. The van der Waals surface area contributed by atoms with Crippen LogP contribution in [0.4, 0.5) is 0 Å². The lowest BCUT2D eigenvalue weighted by Gasteiger charge is -2.21. The van der Waals surface area contributed by atoms with Gasteiger partial charge < -0.3 is 10.2 Å². The average molecular weight is 331 g/mol. The second-order valence-corrected chi connectivity index (χ2v) is 5.72. The normalized spacial score (nSPS) is 12.2. The predicted molar refractivity (Wildman–Crippen MR) is 90.0 cm³/mol. The standard InChI is InChI=1S/C16H24Cl2N2O/c1-4-15(12-7-8-13(17)14(18)11-12)19-10-9-16(21)20(5-2)6-3/h7-8,11,15,19H,4-6,9-10H2,1-3H3. The molecule has 0 fully saturated rings. The summed E-state index contributed by atoms with van der Waals surface area (Å²) in [7, 11) is 0. The molecule has 0 saturated carbocycles. The van der Waals surface area contributed by atoms with Gasteiger partial charge in [-0.15, -0.1) is 0 Å². The van der Waals surface area contributed by atoms with Crippen LogP contribution in [-0.2, 0) is 4.79 Å². The Bertz CT molecular complexity index is 462. The van der Waals surface area contributed by atoms with Crippen LogP contribution in [0.2, 0.25) is 10.0 Å². The maximum atomic E-state index is 12.0. The van der Waals surface area contributed by atoms with Crippen LogP contribution in [0.25, 0.3) is 0 Å². The molecule has 0 spiro atoms. The summed E-state index contributed by atoms with van der Waals surface area (Å²) in [6.07, 6.45) is 1.44. The summed E-state index contributed by atoms with van der Waals surface area (Å²) in [5.74, 6) is 0.191.